The molecule has 3 heteroatoms. The maximum absolute atomic E-state index is 10.6. The second kappa shape index (κ2) is 6.81. The lowest BCUT2D eigenvalue weighted by atomic mass is 10.4. The fourth-order valence-electron chi connectivity index (χ4n) is 0.505. The fourth-order valence-corrected chi connectivity index (χ4v) is 0.505. The molecule has 0 spiro atoms. The van der Waals surface area contributed by atoms with Gasteiger partial charge >= 0.3 is 0 Å². The molecule has 3 nitrogen and oxygen atoms in total. The zero-order chi connectivity index (χ0) is 8.53. The van der Waals surface area contributed by atoms with Crippen LogP contribution in [0, 0.1) is 6.07 Å². The van der Waals surface area contributed by atoms with Crippen LogP contribution in [0.1, 0.15) is 13.3 Å². The lowest BCUT2D eigenvalue weighted by Gasteiger charge is -1.92. The van der Waals surface area contributed by atoms with Crippen molar-refractivity contribution in [2.75, 3.05) is 13.1 Å². The molecular formula is C8H13N2O+. The highest BCUT2D eigenvalue weighted by Gasteiger charge is 1.92. The minimum absolute atomic E-state index is 0.150. The average Bonchev–Trinajstić information content (AvgIpc) is 2.04. The Morgan fingerprint density at radius 1 is 1.82 bits per heavy atom. The lowest BCUT2D eigenvalue weighted by molar-refractivity contribution is -0.116. The molecule has 0 aromatic rings. The monoisotopic (exact) mass is 153 g/mol. The van der Waals surface area contributed by atoms with E-state index in [9.17, 15) is 4.79 Å². The van der Waals surface area contributed by atoms with Crippen LogP contribution < -0.4 is 5.32 Å². The number of hydrogen-bond acceptors (Lipinski definition) is 1. The number of carbonyl (C=O) groups is 1. The van der Waals surface area contributed by atoms with Crippen molar-refractivity contribution in [2.24, 2.45) is 0 Å². The molecule has 60 valence electrons. The molecule has 0 aliphatic carbocycles. The molecule has 0 aromatic heterocycles. The van der Waals surface area contributed by atoms with E-state index in [-0.39, 0.29) is 5.91 Å². The van der Waals surface area contributed by atoms with Crippen LogP contribution in [0.2, 0.25) is 0 Å². The molecule has 11 heavy (non-hydrogen) atoms. The summed E-state index contributed by atoms with van der Waals surface area (Å²) in [4.78, 5) is 14.4. The normalized spacial score (nSPS) is 7.73. The van der Waals surface area contributed by atoms with Gasteiger partial charge < -0.3 is 5.32 Å². The van der Waals surface area contributed by atoms with Crippen LogP contribution in [0.5, 0.6) is 0 Å². The van der Waals surface area contributed by atoms with Gasteiger partial charge in [0.2, 0.25) is 5.91 Å². The average molecular weight is 153 g/mol. The van der Waals surface area contributed by atoms with Crippen LogP contribution >= 0.6 is 0 Å². The molecule has 0 bridgehead atoms. The van der Waals surface area contributed by atoms with Gasteiger partial charge in [0.1, 0.15) is 0 Å². The Labute approximate surface area is 66.9 Å². The van der Waals surface area contributed by atoms with Gasteiger partial charge in [0.25, 0.3) is 12.6 Å². The Hall–Kier alpha value is -1.30. The van der Waals surface area contributed by atoms with Crippen molar-refractivity contribution in [1.82, 2.24) is 5.32 Å². The van der Waals surface area contributed by atoms with Crippen LogP contribution in [0.25, 0.3) is 4.85 Å². The van der Waals surface area contributed by atoms with Gasteiger partial charge in [0, 0.05) is 13.5 Å². The van der Waals surface area contributed by atoms with Crippen molar-refractivity contribution in [1.29, 1.82) is 0 Å². The van der Waals surface area contributed by atoms with Crippen molar-refractivity contribution in [2.45, 2.75) is 13.3 Å². The number of rotatable bonds is 3. The van der Waals surface area contributed by atoms with Crippen molar-refractivity contribution >= 4 is 5.91 Å². The molecule has 0 saturated heterocycles. The third-order valence-electron chi connectivity index (χ3n) is 0.991. The van der Waals surface area contributed by atoms with Crippen molar-refractivity contribution in [3.05, 3.63) is 17.5 Å². The Morgan fingerprint density at radius 2 is 2.55 bits per heavy atom. The summed E-state index contributed by atoms with van der Waals surface area (Å²) in [5, 5.41) is 2.61. The topological polar surface area (TPSA) is 33.5 Å². The van der Waals surface area contributed by atoms with Gasteiger partial charge in [0.15, 0.2) is 0 Å². The standard InChI is InChI=1S/C8H12N2O/c1-3-8(11)10-7-5-6-9-4-2/h3H,1,4-5,7H2,2H3/p+1. The third-order valence-corrected chi connectivity index (χ3v) is 0.991. The predicted molar refractivity (Wildman–Crippen MR) is 45.6 cm³/mol. The van der Waals surface area contributed by atoms with Gasteiger partial charge in [-0.25, -0.2) is 0 Å². The highest BCUT2D eigenvalue weighted by Crippen LogP contribution is 1.75. The van der Waals surface area contributed by atoms with Crippen molar-refractivity contribution < 1.29 is 4.79 Å². The number of hydrogen-bond donors (Lipinski definition) is 1. The van der Waals surface area contributed by atoms with E-state index in [4.69, 9.17) is 0 Å². The van der Waals surface area contributed by atoms with Gasteiger partial charge in [-0.2, -0.15) is 0 Å². The smallest absolute Gasteiger partial charge is 0.274 e. The van der Waals surface area contributed by atoms with E-state index in [2.05, 4.69) is 22.8 Å². The zero-order valence-electron chi connectivity index (χ0n) is 6.76. The van der Waals surface area contributed by atoms with Crippen LogP contribution in [-0.4, -0.2) is 19.0 Å². The maximum atomic E-state index is 10.6. The van der Waals surface area contributed by atoms with E-state index < -0.39 is 0 Å². The van der Waals surface area contributed by atoms with Crippen LogP contribution in [0.3, 0.4) is 0 Å². The maximum Gasteiger partial charge on any atom is 0.274 e. The van der Waals surface area contributed by atoms with Crippen LogP contribution in [0.4, 0.5) is 0 Å². The molecule has 0 aliphatic heterocycles. The van der Waals surface area contributed by atoms with E-state index in [0.29, 0.717) is 13.0 Å². The molecule has 0 atom stereocenters. The Balaban J connectivity index is 3.27. The summed E-state index contributed by atoms with van der Waals surface area (Å²) in [5.74, 6) is -0.150. The van der Waals surface area contributed by atoms with Gasteiger partial charge in [-0.15, -0.1) is 0 Å². The fraction of sp³-hybridized carbons (Fsp3) is 0.500. The number of nitrogens with one attached hydrogen (secondary N) is 1. The summed E-state index contributed by atoms with van der Waals surface area (Å²) in [7, 11) is 0. The number of amides is 1. The van der Waals surface area contributed by atoms with E-state index in [1.807, 2.05) is 6.92 Å². The molecule has 0 heterocycles. The molecule has 0 saturated carbocycles. The lowest BCUT2D eigenvalue weighted by Crippen LogP contribution is -2.21. The Morgan fingerprint density at radius 3 is 3.09 bits per heavy atom. The first-order chi connectivity index (χ1) is 5.31. The highest BCUT2D eigenvalue weighted by molar-refractivity contribution is 5.86. The molecular weight excluding hydrogens is 140 g/mol. The van der Waals surface area contributed by atoms with Crippen molar-refractivity contribution in [3.8, 4) is 6.07 Å². The van der Waals surface area contributed by atoms with E-state index in [1.165, 1.54) is 6.08 Å². The van der Waals surface area contributed by atoms with Crippen LogP contribution in [-0.2, 0) is 4.79 Å². The summed E-state index contributed by atoms with van der Waals surface area (Å²) < 4.78 is 0. The van der Waals surface area contributed by atoms with E-state index >= 15 is 0 Å². The van der Waals surface area contributed by atoms with Gasteiger partial charge in [0.05, 0.1) is 6.42 Å². The molecule has 0 unspecified atom stereocenters. The van der Waals surface area contributed by atoms with E-state index in [1.54, 1.807) is 0 Å². The molecule has 0 aliphatic rings. The summed E-state index contributed by atoms with van der Waals surface area (Å²) in [6, 6.07) is 2.79. The summed E-state index contributed by atoms with van der Waals surface area (Å²) >= 11 is 0. The van der Waals surface area contributed by atoms with Gasteiger partial charge in [-0.3, -0.25) is 4.79 Å². The second-order valence-corrected chi connectivity index (χ2v) is 1.88. The highest BCUT2D eigenvalue weighted by atomic mass is 16.1. The largest absolute Gasteiger partial charge is 0.351 e. The minimum atomic E-state index is -0.150. The molecule has 0 aromatic carbocycles. The Bertz CT molecular complexity index is 188. The zero-order valence-corrected chi connectivity index (χ0v) is 6.76. The quantitative estimate of drug-likeness (QED) is 0.477. The summed E-state index contributed by atoms with van der Waals surface area (Å²) in [5.41, 5.74) is 0. The number of carbonyl (C=O) groups excluding carboxylic acids is 1. The van der Waals surface area contributed by atoms with E-state index in [0.717, 1.165) is 6.54 Å². The van der Waals surface area contributed by atoms with Gasteiger partial charge in [-0.1, -0.05) is 11.4 Å². The third kappa shape index (κ3) is 6.59. The molecule has 1 amide bonds. The molecule has 1 N–H and O–H groups in total. The van der Waals surface area contributed by atoms with Crippen molar-refractivity contribution in [3.63, 3.8) is 0 Å². The minimum Gasteiger partial charge on any atom is -0.351 e. The summed E-state index contributed by atoms with van der Waals surface area (Å²) in [6.07, 6.45) is 1.91. The molecule has 0 rings (SSSR count). The first-order valence-corrected chi connectivity index (χ1v) is 3.61. The summed E-state index contributed by atoms with van der Waals surface area (Å²) in [6.45, 7) is 6.58. The van der Waals surface area contributed by atoms with Crippen LogP contribution in [0.15, 0.2) is 12.7 Å². The Kier molecular flexibility index (Phi) is 6.01. The predicted octanol–water partition coefficient (Wildman–Crippen LogP) is 1.03. The second-order valence-electron chi connectivity index (χ2n) is 1.88. The molecule has 0 fully saturated rings. The number of nitrogens with zero attached hydrogens (tertiary/aromatic N) is 1. The first-order valence-electron chi connectivity index (χ1n) is 3.61. The SMILES string of the molecule is C=CC(=O)NCCC#[N+]CC. The molecule has 0 radical (unpaired) electrons. The first kappa shape index (κ1) is 9.70. The van der Waals surface area contributed by atoms with Gasteiger partial charge in [-0.05, 0) is 6.08 Å².